The predicted molar refractivity (Wildman–Crippen MR) is 104 cm³/mol. The molecule has 2 aromatic rings. The zero-order chi connectivity index (χ0) is 19.1. The molecule has 4 nitrogen and oxygen atoms in total. The summed E-state index contributed by atoms with van der Waals surface area (Å²) in [6.45, 7) is 3.23. The predicted octanol–water partition coefficient (Wildman–Crippen LogP) is 4.16. The largest absolute Gasteiger partial charge is 0.488 e. The van der Waals surface area contributed by atoms with Gasteiger partial charge in [-0.1, -0.05) is 35.9 Å². The maximum Gasteiger partial charge on any atom is 0.222 e. The minimum Gasteiger partial charge on any atom is -0.488 e. The summed E-state index contributed by atoms with van der Waals surface area (Å²) in [5.41, 5.74) is 1.36. The molecule has 1 saturated heterocycles. The first kappa shape index (κ1) is 19.6. The number of para-hydroxylation sites is 1. The van der Waals surface area contributed by atoms with E-state index in [9.17, 15) is 9.18 Å². The van der Waals surface area contributed by atoms with Crippen LogP contribution in [0.15, 0.2) is 42.5 Å². The van der Waals surface area contributed by atoms with Crippen LogP contribution in [0.1, 0.15) is 30.4 Å². The number of nitrogens with zero attached hydrogens (tertiary/aromatic N) is 1. The molecule has 0 unspecified atom stereocenters. The average molecular weight is 391 g/mol. The molecule has 1 heterocycles. The monoisotopic (exact) mass is 390 g/mol. The van der Waals surface area contributed by atoms with Crippen molar-refractivity contribution in [2.75, 3.05) is 19.6 Å². The summed E-state index contributed by atoms with van der Waals surface area (Å²) in [6.07, 6.45) is 2.58. The molecule has 27 heavy (non-hydrogen) atoms. The molecule has 0 radical (unpaired) electrons. The van der Waals surface area contributed by atoms with Gasteiger partial charge < -0.3 is 15.0 Å². The zero-order valence-corrected chi connectivity index (χ0v) is 16.0. The number of hydrogen-bond donors (Lipinski definition) is 1. The standard InChI is InChI=1S/C21H24ClFN2O2/c22-18-7-3-8-19(23)17(18)15-27-20-9-2-1-6-16(20)14-24-11-5-13-25-12-4-10-21(25)26/h1-3,6-9,24H,4-5,10-15H2. The fraction of sp³-hybridized carbons (Fsp3) is 0.381. The van der Waals surface area contributed by atoms with E-state index in [1.165, 1.54) is 6.07 Å². The fourth-order valence-electron chi connectivity index (χ4n) is 3.17. The zero-order valence-electron chi connectivity index (χ0n) is 15.2. The van der Waals surface area contributed by atoms with Crippen LogP contribution in [0.2, 0.25) is 5.02 Å². The lowest BCUT2D eigenvalue weighted by Crippen LogP contribution is -2.28. The van der Waals surface area contributed by atoms with Crippen molar-refractivity contribution in [3.63, 3.8) is 0 Å². The van der Waals surface area contributed by atoms with Gasteiger partial charge >= 0.3 is 0 Å². The first-order chi connectivity index (χ1) is 13.1. The maximum atomic E-state index is 13.9. The van der Waals surface area contributed by atoms with Crippen LogP contribution in [0.25, 0.3) is 0 Å². The van der Waals surface area contributed by atoms with Crippen molar-refractivity contribution in [1.82, 2.24) is 10.2 Å². The fourth-order valence-corrected chi connectivity index (χ4v) is 3.39. The third-order valence-corrected chi connectivity index (χ3v) is 5.03. The normalized spacial score (nSPS) is 14.0. The van der Waals surface area contributed by atoms with E-state index in [0.717, 1.165) is 38.0 Å². The van der Waals surface area contributed by atoms with Gasteiger partial charge in [-0.3, -0.25) is 4.79 Å². The first-order valence-corrected chi connectivity index (χ1v) is 9.65. The lowest BCUT2D eigenvalue weighted by molar-refractivity contribution is -0.127. The van der Waals surface area contributed by atoms with Gasteiger partial charge in [0, 0.05) is 37.2 Å². The summed E-state index contributed by atoms with van der Waals surface area (Å²) in [5, 5.41) is 3.75. The highest BCUT2D eigenvalue weighted by molar-refractivity contribution is 6.31. The molecule has 1 amide bonds. The third-order valence-electron chi connectivity index (χ3n) is 4.67. The van der Waals surface area contributed by atoms with Gasteiger partial charge in [-0.25, -0.2) is 4.39 Å². The van der Waals surface area contributed by atoms with E-state index >= 15 is 0 Å². The molecule has 1 fully saturated rings. The smallest absolute Gasteiger partial charge is 0.222 e. The molecule has 1 aliphatic rings. The number of nitrogens with one attached hydrogen (secondary N) is 1. The second-order valence-electron chi connectivity index (χ2n) is 6.61. The van der Waals surface area contributed by atoms with Crippen LogP contribution >= 0.6 is 11.6 Å². The second-order valence-corrected chi connectivity index (χ2v) is 7.02. The highest BCUT2D eigenvalue weighted by Gasteiger charge is 2.18. The first-order valence-electron chi connectivity index (χ1n) is 9.27. The van der Waals surface area contributed by atoms with Crippen LogP contribution in [0.4, 0.5) is 4.39 Å². The number of carbonyl (C=O) groups excluding carboxylic acids is 1. The molecule has 2 aromatic carbocycles. The summed E-state index contributed by atoms with van der Waals surface area (Å²) < 4.78 is 19.7. The molecule has 0 spiro atoms. The number of benzene rings is 2. The van der Waals surface area contributed by atoms with Gasteiger partial charge in [-0.15, -0.1) is 0 Å². The number of likely N-dealkylation sites (tertiary alicyclic amines) is 1. The van der Waals surface area contributed by atoms with Crippen molar-refractivity contribution >= 4 is 17.5 Å². The Labute approximate surface area is 164 Å². The average Bonchev–Trinajstić information content (AvgIpc) is 3.07. The number of amides is 1. The summed E-state index contributed by atoms with van der Waals surface area (Å²) in [7, 11) is 0. The van der Waals surface area contributed by atoms with Gasteiger partial charge in [0.25, 0.3) is 0 Å². The van der Waals surface area contributed by atoms with E-state index in [0.29, 0.717) is 29.3 Å². The lowest BCUT2D eigenvalue weighted by Gasteiger charge is -2.16. The van der Waals surface area contributed by atoms with Gasteiger partial charge in [0.2, 0.25) is 5.91 Å². The van der Waals surface area contributed by atoms with E-state index in [4.69, 9.17) is 16.3 Å². The Balaban J connectivity index is 1.48. The topological polar surface area (TPSA) is 41.6 Å². The third kappa shape index (κ3) is 5.44. The molecule has 1 N–H and O–H groups in total. The molecule has 0 aromatic heterocycles. The molecule has 0 atom stereocenters. The number of hydrogen-bond acceptors (Lipinski definition) is 3. The van der Waals surface area contributed by atoms with Gasteiger partial charge in [-0.2, -0.15) is 0 Å². The van der Waals surface area contributed by atoms with Crippen LogP contribution in [0, 0.1) is 5.82 Å². The molecule has 1 aliphatic heterocycles. The number of halogens is 2. The van der Waals surface area contributed by atoms with Gasteiger partial charge in [0.1, 0.15) is 18.2 Å². The SMILES string of the molecule is O=C1CCCN1CCCNCc1ccccc1OCc1c(F)cccc1Cl. The van der Waals surface area contributed by atoms with Crippen LogP contribution in [0.5, 0.6) is 5.75 Å². The van der Waals surface area contributed by atoms with Crippen LogP contribution < -0.4 is 10.1 Å². The van der Waals surface area contributed by atoms with Gasteiger partial charge in [0.05, 0.1) is 5.02 Å². The van der Waals surface area contributed by atoms with Crippen molar-refractivity contribution < 1.29 is 13.9 Å². The summed E-state index contributed by atoms with van der Waals surface area (Å²) >= 11 is 6.06. The number of carbonyl (C=O) groups is 1. The van der Waals surface area contributed by atoms with Crippen molar-refractivity contribution in [3.05, 3.63) is 64.4 Å². The van der Waals surface area contributed by atoms with Crippen molar-refractivity contribution in [2.45, 2.75) is 32.4 Å². The Morgan fingerprint density at radius 3 is 2.81 bits per heavy atom. The molecule has 144 valence electrons. The minimum atomic E-state index is -0.366. The Bertz CT molecular complexity index is 764. The van der Waals surface area contributed by atoms with Crippen LogP contribution in [0.3, 0.4) is 0 Å². The van der Waals surface area contributed by atoms with E-state index in [1.807, 2.05) is 29.2 Å². The molecule has 0 bridgehead atoms. The second kappa shape index (κ2) is 9.72. The summed E-state index contributed by atoms with van der Waals surface area (Å²) in [6, 6.07) is 12.3. The number of rotatable bonds is 9. The Morgan fingerprint density at radius 1 is 1.19 bits per heavy atom. The molecule has 0 aliphatic carbocycles. The van der Waals surface area contributed by atoms with E-state index in [1.54, 1.807) is 12.1 Å². The highest BCUT2D eigenvalue weighted by Crippen LogP contribution is 2.23. The van der Waals surface area contributed by atoms with Crippen molar-refractivity contribution in [2.24, 2.45) is 0 Å². The van der Waals surface area contributed by atoms with Gasteiger partial charge in [0.15, 0.2) is 0 Å². The minimum absolute atomic E-state index is 0.0829. The van der Waals surface area contributed by atoms with Crippen molar-refractivity contribution in [1.29, 1.82) is 0 Å². The van der Waals surface area contributed by atoms with Crippen molar-refractivity contribution in [3.8, 4) is 5.75 Å². The van der Waals surface area contributed by atoms with E-state index in [-0.39, 0.29) is 18.3 Å². The molecule has 6 heteroatoms. The van der Waals surface area contributed by atoms with Crippen LogP contribution in [-0.4, -0.2) is 30.4 Å². The van der Waals surface area contributed by atoms with Gasteiger partial charge in [-0.05, 0) is 37.6 Å². The highest BCUT2D eigenvalue weighted by atomic mass is 35.5. The Morgan fingerprint density at radius 2 is 2.04 bits per heavy atom. The van der Waals surface area contributed by atoms with E-state index < -0.39 is 0 Å². The molecular formula is C21H24ClFN2O2. The van der Waals surface area contributed by atoms with Crippen LogP contribution in [-0.2, 0) is 17.9 Å². The lowest BCUT2D eigenvalue weighted by atomic mass is 10.2. The van der Waals surface area contributed by atoms with E-state index in [2.05, 4.69) is 5.32 Å². The molecule has 0 saturated carbocycles. The molecular weight excluding hydrogens is 367 g/mol. The quantitative estimate of drug-likeness (QED) is 0.654. The summed E-state index contributed by atoms with van der Waals surface area (Å²) in [4.78, 5) is 13.5. The Kier molecular flexibility index (Phi) is 7.07. The maximum absolute atomic E-state index is 13.9. The molecule has 3 rings (SSSR count). The number of ether oxygens (including phenoxy) is 1. The Hall–Kier alpha value is -2.11. The summed E-state index contributed by atoms with van der Waals surface area (Å²) in [5.74, 6) is 0.606.